The van der Waals surface area contributed by atoms with Gasteiger partial charge in [0.1, 0.15) is 6.10 Å². The van der Waals surface area contributed by atoms with Crippen LogP contribution in [0.2, 0.25) is 0 Å². The molecule has 1 fully saturated rings. The summed E-state index contributed by atoms with van der Waals surface area (Å²) in [5, 5.41) is 18.3. The number of hydrogen-bond acceptors (Lipinski definition) is 6. The van der Waals surface area contributed by atoms with Crippen molar-refractivity contribution in [1.29, 1.82) is 5.26 Å². The van der Waals surface area contributed by atoms with E-state index in [4.69, 9.17) is 10.00 Å². The molecule has 1 aliphatic rings. The molecule has 2 atom stereocenters. The zero-order valence-electron chi connectivity index (χ0n) is 10.8. The van der Waals surface area contributed by atoms with E-state index < -0.39 is 17.3 Å². The second-order valence-corrected chi connectivity index (χ2v) is 4.51. The molecular weight excluding hydrogens is 262 g/mol. The van der Waals surface area contributed by atoms with Gasteiger partial charge in [-0.15, -0.1) is 10.1 Å². The van der Waals surface area contributed by atoms with Crippen LogP contribution in [0.3, 0.4) is 0 Å². The summed E-state index contributed by atoms with van der Waals surface area (Å²) >= 11 is 0. The van der Waals surface area contributed by atoms with Gasteiger partial charge < -0.3 is 4.74 Å². The fourth-order valence-electron chi connectivity index (χ4n) is 2.17. The van der Waals surface area contributed by atoms with Crippen LogP contribution in [0.15, 0.2) is 30.3 Å². The van der Waals surface area contributed by atoms with Gasteiger partial charge in [-0.05, 0) is 5.56 Å². The number of rotatable bonds is 5. The van der Waals surface area contributed by atoms with Crippen LogP contribution >= 0.6 is 0 Å². The van der Waals surface area contributed by atoms with E-state index in [0.717, 1.165) is 18.7 Å². The van der Waals surface area contributed by atoms with Crippen LogP contribution in [-0.4, -0.2) is 41.9 Å². The standard InChI is InChI=1S/C13H15N3O4/c14-8-12(20-16(17)18)13-10-15(6-7-19-13)9-11-4-2-1-3-5-11/h1-5,12-13H,6-7,9-10H2. The molecule has 2 unspecified atom stereocenters. The predicted octanol–water partition coefficient (Wildman–Crippen LogP) is 0.988. The highest BCUT2D eigenvalue weighted by atomic mass is 17.0. The van der Waals surface area contributed by atoms with Gasteiger partial charge in [-0.25, -0.2) is 0 Å². The minimum absolute atomic E-state index is 0.427. The van der Waals surface area contributed by atoms with Gasteiger partial charge in [0.05, 0.1) is 12.7 Å². The Morgan fingerprint density at radius 1 is 1.55 bits per heavy atom. The van der Waals surface area contributed by atoms with E-state index in [1.165, 1.54) is 0 Å². The highest BCUT2D eigenvalue weighted by Gasteiger charge is 2.30. The molecule has 0 aliphatic carbocycles. The fraction of sp³-hybridized carbons (Fsp3) is 0.462. The van der Waals surface area contributed by atoms with Crippen LogP contribution in [0.4, 0.5) is 0 Å². The van der Waals surface area contributed by atoms with Gasteiger partial charge in [-0.3, -0.25) is 9.74 Å². The Morgan fingerprint density at radius 3 is 2.95 bits per heavy atom. The summed E-state index contributed by atoms with van der Waals surface area (Å²) in [5.74, 6) is 0. The summed E-state index contributed by atoms with van der Waals surface area (Å²) < 4.78 is 5.41. The molecule has 1 heterocycles. The first-order valence-corrected chi connectivity index (χ1v) is 6.27. The molecule has 2 rings (SSSR count). The summed E-state index contributed by atoms with van der Waals surface area (Å²) in [6, 6.07) is 11.7. The first kappa shape index (κ1) is 14.2. The molecular formula is C13H15N3O4. The second kappa shape index (κ2) is 6.84. The van der Waals surface area contributed by atoms with Crippen molar-refractivity contribution in [2.75, 3.05) is 19.7 Å². The van der Waals surface area contributed by atoms with Crippen molar-refractivity contribution in [3.8, 4) is 6.07 Å². The molecule has 0 N–H and O–H groups in total. The lowest BCUT2D eigenvalue weighted by atomic mass is 10.1. The molecule has 7 nitrogen and oxygen atoms in total. The van der Waals surface area contributed by atoms with Gasteiger partial charge in [0.25, 0.3) is 5.09 Å². The van der Waals surface area contributed by atoms with Gasteiger partial charge in [-0.2, -0.15) is 5.26 Å². The van der Waals surface area contributed by atoms with E-state index in [1.54, 1.807) is 6.07 Å². The van der Waals surface area contributed by atoms with E-state index in [-0.39, 0.29) is 0 Å². The molecule has 1 saturated heterocycles. The number of benzene rings is 1. The lowest BCUT2D eigenvalue weighted by Gasteiger charge is -2.34. The van der Waals surface area contributed by atoms with Crippen molar-refractivity contribution in [3.63, 3.8) is 0 Å². The molecule has 20 heavy (non-hydrogen) atoms. The molecule has 0 aromatic heterocycles. The van der Waals surface area contributed by atoms with Gasteiger partial charge >= 0.3 is 0 Å². The molecule has 0 amide bonds. The first-order chi connectivity index (χ1) is 9.69. The molecule has 0 bridgehead atoms. The third kappa shape index (κ3) is 3.91. The summed E-state index contributed by atoms with van der Waals surface area (Å²) in [7, 11) is 0. The molecule has 7 heteroatoms. The Bertz CT molecular complexity index is 488. The third-order valence-corrected chi connectivity index (χ3v) is 3.09. The molecule has 0 saturated carbocycles. The van der Waals surface area contributed by atoms with Crippen LogP contribution < -0.4 is 0 Å². The average Bonchev–Trinajstić information content (AvgIpc) is 2.46. The summed E-state index contributed by atoms with van der Waals surface area (Å²) in [4.78, 5) is 16.8. The van der Waals surface area contributed by atoms with Crippen LogP contribution in [0.1, 0.15) is 5.56 Å². The van der Waals surface area contributed by atoms with Crippen molar-refractivity contribution >= 4 is 0 Å². The smallest absolute Gasteiger partial charge is 0.295 e. The zero-order chi connectivity index (χ0) is 14.4. The van der Waals surface area contributed by atoms with E-state index in [0.29, 0.717) is 13.2 Å². The molecule has 106 valence electrons. The van der Waals surface area contributed by atoms with Crippen molar-refractivity contribution in [3.05, 3.63) is 46.0 Å². The molecule has 1 aliphatic heterocycles. The highest BCUT2D eigenvalue weighted by molar-refractivity contribution is 5.14. The van der Waals surface area contributed by atoms with E-state index >= 15 is 0 Å². The maximum Gasteiger partial charge on any atom is 0.295 e. The molecule has 1 aromatic rings. The number of morpholine rings is 1. The maximum atomic E-state index is 10.3. The molecule has 1 aromatic carbocycles. The van der Waals surface area contributed by atoms with Gasteiger partial charge in [0.15, 0.2) is 0 Å². The average molecular weight is 277 g/mol. The van der Waals surface area contributed by atoms with Crippen LogP contribution in [-0.2, 0) is 16.1 Å². The van der Waals surface area contributed by atoms with Crippen molar-refractivity contribution in [1.82, 2.24) is 4.90 Å². The normalized spacial score (nSPS) is 20.9. The van der Waals surface area contributed by atoms with E-state index in [1.807, 2.05) is 30.3 Å². The zero-order valence-corrected chi connectivity index (χ0v) is 10.8. The Balaban J connectivity index is 1.94. The van der Waals surface area contributed by atoms with Crippen molar-refractivity contribution in [2.24, 2.45) is 0 Å². The Morgan fingerprint density at radius 2 is 2.30 bits per heavy atom. The van der Waals surface area contributed by atoms with E-state index in [2.05, 4.69) is 9.74 Å². The van der Waals surface area contributed by atoms with E-state index in [9.17, 15) is 10.1 Å². The van der Waals surface area contributed by atoms with Crippen molar-refractivity contribution < 1.29 is 14.7 Å². The fourth-order valence-corrected chi connectivity index (χ4v) is 2.17. The SMILES string of the molecule is N#CC(O[N+](=O)[O-])C1CN(Cc2ccccc2)CCO1. The van der Waals surface area contributed by atoms with Crippen molar-refractivity contribution in [2.45, 2.75) is 18.8 Å². The lowest BCUT2D eigenvalue weighted by molar-refractivity contribution is -0.767. The van der Waals surface area contributed by atoms with Crippen LogP contribution in [0.5, 0.6) is 0 Å². The number of nitriles is 1. The topological polar surface area (TPSA) is 88.6 Å². The quantitative estimate of drug-likeness (QED) is 0.589. The Hall–Kier alpha value is -2.17. The Labute approximate surface area is 116 Å². The number of nitrogens with zero attached hydrogens (tertiary/aromatic N) is 3. The monoisotopic (exact) mass is 277 g/mol. The highest BCUT2D eigenvalue weighted by Crippen LogP contribution is 2.14. The molecule has 0 radical (unpaired) electrons. The van der Waals surface area contributed by atoms with Crippen LogP contribution in [0.25, 0.3) is 0 Å². The minimum Gasteiger partial charge on any atom is -0.372 e. The third-order valence-electron chi connectivity index (χ3n) is 3.09. The maximum absolute atomic E-state index is 10.3. The largest absolute Gasteiger partial charge is 0.372 e. The van der Waals surface area contributed by atoms with Gasteiger partial charge in [0.2, 0.25) is 6.10 Å². The number of hydrogen-bond donors (Lipinski definition) is 0. The number of ether oxygens (including phenoxy) is 1. The minimum atomic E-state index is -1.19. The summed E-state index contributed by atoms with van der Waals surface area (Å²) in [6.07, 6.45) is -1.80. The molecule has 0 spiro atoms. The first-order valence-electron chi connectivity index (χ1n) is 6.27. The Kier molecular flexibility index (Phi) is 4.87. The summed E-state index contributed by atoms with van der Waals surface area (Å²) in [5.41, 5.74) is 1.15. The van der Waals surface area contributed by atoms with Crippen LogP contribution in [0, 0.1) is 21.4 Å². The lowest BCUT2D eigenvalue weighted by Crippen LogP contribution is -2.48. The second-order valence-electron chi connectivity index (χ2n) is 4.51. The predicted molar refractivity (Wildman–Crippen MR) is 68.9 cm³/mol. The van der Waals surface area contributed by atoms with Gasteiger partial charge in [-0.1, -0.05) is 30.3 Å². The van der Waals surface area contributed by atoms with Gasteiger partial charge in [0, 0.05) is 19.6 Å². The summed E-state index contributed by atoms with van der Waals surface area (Å²) in [6.45, 7) is 2.30.